The van der Waals surface area contributed by atoms with Gasteiger partial charge in [-0.3, -0.25) is 9.59 Å². The normalized spacial score (nSPS) is 15.2. The van der Waals surface area contributed by atoms with Crippen LogP contribution in [-0.4, -0.2) is 41.9 Å². The van der Waals surface area contributed by atoms with Crippen molar-refractivity contribution in [2.45, 2.75) is 32.3 Å². The summed E-state index contributed by atoms with van der Waals surface area (Å²) in [5, 5.41) is 3.39. The van der Waals surface area contributed by atoms with E-state index in [0.29, 0.717) is 18.5 Å². The number of benzene rings is 3. The van der Waals surface area contributed by atoms with Gasteiger partial charge in [-0.1, -0.05) is 31.2 Å². The molecule has 0 bridgehead atoms. The van der Waals surface area contributed by atoms with Gasteiger partial charge in [0.05, 0.1) is 18.4 Å². The van der Waals surface area contributed by atoms with E-state index in [9.17, 15) is 9.59 Å². The Morgan fingerprint density at radius 2 is 1.46 bits per heavy atom. The second-order valence-corrected chi connectivity index (χ2v) is 10.1. The molecule has 0 radical (unpaired) electrons. The lowest BCUT2D eigenvalue weighted by atomic mass is 10.0. The van der Waals surface area contributed by atoms with Gasteiger partial charge in [-0.05, 0) is 78.2 Å². The maximum absolute atomic E-state index is 12.9. The van der Waals surface area contributed by atoms with Gasteiger partial charge in [0, 0.05) is 61.8 Å². The number of nitrogens with one attached hydrogen (secondary N) is 1. The molecule has 6 nitrogen and oxygen atoms in total. The minimum atomic E-state index is 0.103. The SMILES string of the molecule is CCC1CN(c2ccc(C(=O)Cc3ccc(Nc4ccc(CC(=O)c5cccn5C)cc4)cc3)cc2)CCO1. The molecule has 0 amide bonds. The van der Waals surface area contributed by atoms with Gasteiger partial charge < -0.3 is 19.5 Å². The fourth-order valence-electron chi connectivity index (χ4n) is 4.95. The number of rotatable bonds is 10. The molecule has 5 rings (SSSR count). The van der Waals surface area contributed by atoms with Crippen LogP contribution in [0.2, 0.25) is 0 Å². The number of morpholine rings is 1. The second-order valence-electron chi connectivity index (χ2n) is 10.1. The number of hydrogen-bond donors (Lipinski definition) is 1. The average Bonchev–Trinajstić information content (AvgIpc) is 3.41. The number of carbonyl (C=O) groups is 2. The second kappa shape index (κ2) is 12.1. The molecular weight excluding hydrogens is 486 g/mol. The van der Waals surface area contributed by atoms with Crippen LogP contribution in [0.1, 0.15) is 45.3 Å². The maximum atomic E-state index is 12.9. The minimum Gasteiger partial charge on any atom is -0.375 e. The number of aromatic nitrogens is 1. The molecule has 1 atom stereocenters. The predicted molar refractivity (Wildman–Crippen MR) is 156 cm³/mol. The molecular formula is C33H35N3O3. The number of anilines is 3. The third-order valence-electron chi connectivity index (χ3n) is 7.30. The van der Waals surface area contributed by atoms with E-state index >= 15 is 0 Å². The first kappa shape index (κ1) is 26.4. The van der Waals surface area contributed by atoms with Gasteiger partial charge in [0.25, 0.3) is 0 Å². The first-order valence-corrected chi connectivity index (χ1v) is 13.6. The fraction of sp³-hybridized carbons (Fsp3) is 0.273. The van der Waals surface area contributed by atoms with E-state index in [0.717, 1.165) is 59.9 Å². The molecule has 1 N–H and O–H groups in total. The summed E-state index contributed by atoms with van der Waals surface area (Å²) in [5.74, 6) is 0.211. The fourth-order valence-corrected chi connectivity index (χ4v) is 4.95. The maximum Gasteiger partial charge on any atom is 0.183 e. The highest BCUT2D eigenvalue weighted by atomic mass is 16.5. The first-order chi connectivity index (χ1) is 19.0. The smallest absolute Gasteiger partial charge is 0.183 e. The van der Waals surface area contributed by atoms with Crippen LogP contribution in [0.25, 0.3) is 0 Å². The van der Waals surface area contributed by atoms with E-state index in [1.807, 2.05) is 103 Å². The van der Waals surface area contributed by atoms with Crippen molar-refractivity contribution >= 4 is 28.6 Å². The van der Waals surface area contributed by atoms with Crippen molar-refractivity contribution in [3.8, 4) is 0 Å². The number of ether oxygens (including phenoxy) is 1. The third-order valence-corrected chi connectivity index (χ3v) is 7.30. The summed E-state index contributed by atoms with van der Waals surface area (Å²) in [4.78, 5) is 27.7. The lowest BCUT2D eigenvalue weighted by Crippen LogP contribution is -2.42. The van der Waals surface area contributed by atoms with Crippen LogP contribution in [-0.2, 0) is 24.6 Å². The van der Waals surface area contributed by atoms with Crippen LogP contribution in [0.5, 0.6) is 0 Å². The molecule has 6 heteroatoms. The Morgan fingerprint density at radius 1 is 0.846 bits per heavy atom. The number of Topliss-reactive ketones (excluding diaryl/α,β-unsaturated/α-hetero) is 2. The zero-order valence-corrected chi connectivity index (χ0v) is 22.6. The molecule has 0 spiro atoms. The van der Waals surface area contributed by atoms with Gasteiger partial charge in [-0.2, -0.15) is 0 Å². The third kappa shape index (κ3) is 6.65. The van der Waals surface area contributed by atoms with Gasteiger partial charge in [0.2, 0.25) is 0 Å². The van der Waals surface area contributed by atoms with Crippen LogP contribution < -0.4 is 10.2 Å². The summed E-state index contributed by atoms with van der Waals surface area (Å²) in [6.07, 6.45) is 3.89. The predicted octanol–water partition coefficient (Wildman–Crippen LogP) is 6.23. The standard InChI is InChI=1S/C33H35N3O3/c1-3-30-23-36(19-20-39-30)29-16-10-26(11-17-29)32(37)21-24-6-12-27(13-7-24)34-28-14-8-25(9-15-28)22-33(38)31-5-4-18-35(31)2/h4-18,30,34H,3,19-23H2,1-2H3. The van der Waals surface area contributed by atoms with E-state index in [1.165, 1.54) is 0 Å². The van der Waals surface area contributed by atoms with E-state index in [-0.39, 0.29) is 17.7 Å². The van der Waals surface area contributed by atoms with Crippen LogP contribution in [0.15, 0.2) is 91.1 Å². The van der Waals surface area contributed by atoms with Gasteiger partial charge in [-0.25, -0.2) is 0 Å². The molecule has 4 aromatic rings. The van der Waals surface area contributed by atoms with E-state index < -0.39 is 0 Å². The zero-order valence-electron chi connectivity index (χ0n) is 22.6. The molecule has 39 heavy (non-hydrogen) atoms. The molecule has 1 saturated heterocycles. The Labute approximate surface area is 230 Å². The summed E-state index contributed by atoms with van der Waals surface area (Å²) in [5.41, 5.74) is 6.42. The summed E-state index contributed by atoms with van der Waals surface area (Å²) in [6, 6.07) is 27.5. The van der Waals surface area contributed by atoms with Crippen molar-refractivity contribution in [1.82, 2.24) is 4.57 Å². The van der Waals surface area contributed by atoms with E-state index in [1.54, 1.807) is 0 Å². The summed E-state index contributed by atoms with van der Waals surface area (Å²) in [6.45, 7) is 4.66. The largest absolute Gasteiger partial charge is 0.375 e. The van der Waals surface area contributed by atoms with Crippen molar-refractivity contribution < 1.29 is 14.3 Å². The van der Waals surface area contributed by atoms with Gasteiger partial charge in [0.1, 0.15) is 0 Å². The van der Waals surface area contributed by atoms with Crippen LogP contribution in [0.3, 0.4) is 0 Å². The van der Waals surface area contributed by atoms with Crippen LogP contribution in [0.4, 0.5) is 17.1 Å². The lowest BCUT2D eigenvalue weighted by Gasteiger charge is -2.34. The number of nitrogens with zero attached hydrogens (tertiary/aromatic N) is 2. The van der Waals surface area contributed by atoms with Crippen molar-refractivity contribution in [3.05, 3.63) is 114 Å². The Hall–Kier alpha value is -4.16. The Morgan fingerprint density at radius 3 is 2.03 bits per heavy atom. The van der Waals surface area contributed by atoms with Crippen molar-refractivity contribution in [2.75, 3.05) is 29.9 Å². The number of aryl methyl sites for hydroxylation is 1. The number of hydrogen-bond acceptors (Lipinski definition) is 5. The summed E-state index contributed by atoms with van der Waals surface area (Å²) < 4.78 is 7.61. The van der Waals surface area contributed by atoms with Gasteiger partial charge in [-0.15, -0.1) is 0 Å². The zero-order chi connectivity index (χ0) is 27.2. The van der Waals surface area contributed by atoms with Crippen molar-refractivity contribution in [3.63, 3.8) is 0 Å². The molecule has 0 saturated carbocycles. The molecule has 200 valence electrons. The monoisotopic (exact) mass is 521 g/mol. The Kier molecular flexibility index (Phi) is 8.23. The van der Waals surface area contributed by atoms with Crippen LogP contribution in [0, 0.1) is 0 Å². The Balaban J connectivity index is 1.13. The van der Waals surface area contributed by atoms with Crippen molar-refractivity contribution in [1.29, 1.82) is 0 Å². The van der Waals surface area contributed by atoms with E-state index in [2.05, 4.69) is 17.1 Å². The molecule has 1 aliphatic heterocycles. The Bertz CT molecular complexity index is 1410. The number of ketones is 2. The van der Waals surface area contributed by atoms with Crippen LogP contribution >= 0.6 is 0 Å². The van der Waals surface area contributed by atoms with Crippen molar-refractivity contribution in [2.24, 2.45) is 7.05 Å². The van der Waals surface area contributed by atoms with Gasteiger partial charge in [0.15, 0.2) is 11.6 Å². The molecule has 1 aromatic heterocycles. The molecule has 1 fully saturated rings. The first-order valence-electron chi connectivity index (χ1n) is 13.6. The summed E-state index contributed by atoms with van der Waals surface area (Å²) in [7, 11) is 1.88. The highest BCUT2D eigenvalue weighted by Gasteiger charge is 2.19. The molecule has 0 aliphatic carbocycles. The topological polar surface area (TPSA) is 63.6 Å². The lowest BCUT2D eigenvalue weighted by molar-refractivity contribution is 0.0384. The minimum absolute atomic E-state index is 0.103. The molecule has 2 heterocycles. The molecule has 1 unspecified atom stereocenters. The highest BCUT2D eigenvalue weighted by Crippen LogP contribution is 2.22. The summed E-state index contributed by atoms with van der Waals surface area (Å²) >= 11 is 0. The average molecular weight is 522 g/mol. The van der Waals surface area contributed by atoms with E-state index in [4.69, 9.17) is 4.74 Å². The van der Waals surface area contributed by atoms with Gasteiger partial charge >= 0.3 is 0 Å². The highest BCUT2D eigenvalue weighted by molar-refractivity contribution is 5.98. The molecule has 3 aromatic carbocycles. The molecule has 1 aliphatic rings. The quantitative estimate of drug-likeness (QED) is 0.251. The number of carbonyl (C=O) groups excluding carboxylic acids is 2.